The third kappa shape index (κ3) is 3.84. The van der Waals surface area contributed by atoms with E-state index in [0.29, 0.717) is 20.0 Å². The molecule has 0 spiro atoms. The van der Waals surface area contributed by atoms with Crippen molar-refractivity contribution in [3.8, 4) is 0 Å². The number of nitrogens with zero attached hydrogens (tertiary/aromatic N) is 2. The van der Waals surface area contributed by atoms with Crippen molar-refractivity contribution >= 4 is 58.2 Å². The maximum Gasteiger partial charge on any atom is 0.353 e. The Balaban J connectivity index is 1.54. The van der Waals surface area contributed by atoms with Gasteiger partial charge in [0.05, 0.1) is 18.1 Å². The van der Waals surface area contributed by atoms with Crippen LogP contribution in [-0.2, 0) is 9.59 Å². The highest BCUT2D eigenvalue weighted by Crippen LogP contribution is 2.52. The lowest BCUT2D eigenvalue weighted by molar-refractivity contribution is -0.163. The molecule has 0 radical (unpaired) electrons. The number of thioether (sulfide) groups is 1. The fourth-order valence-corrected chi connectivity index (χ4v) is 6.18. The number of aromatic nitrogens is 1. The first-order valence-electron chi connectivity index (χ1n) is 9.38. The number of β-lactam (4-membered cyclic amide) rings is 1. The van der Waals surface area contributed by atoms with Crippen molar-refractivity contribution < 1.29 is 24.6 Å². The van der Waals surface area contributed by atoms with E-state index in [1.807, 2.05) is 6.92 Å². The van der Waals surface area contributed by atoms with E-state index in [-0.39, 0.29) is 23.2 Å². The summed E-state index contributed by atoms with van der Waals surface area (Å²) in [5.74, 6) is -2.91. The Morgan fingerprint density at radius 2 is 2.13 bits per heavy atom. The molecule has 0 saturated carbocycles. The molecular formula is C20H18ClN3O5S2. The predicted octanol–water partition coefficient (Wildman–Crippen LogP) is 3.29. The lowest BCUT2D eigenvalue weighted by Gasteiger charge is -2.46. The number of aliphatic carboxylic acids is 1. The molecular weight excluding hydrogens is 462 g/mol. The van der Waals surface area contributed by atoms with Gasteiger partial charge < -0.3 is 20.4 Å². The van der Waals surface area contributed by atoms with Crippen LogP contribution >= 0.6 is 34.7 Å². The van der Waals surface area contributed by atoms with E-state index >= 15 is 0 Å². The summed E-state index contributed by atoms with van der Waals surface area (Å²) < 4.78 is 0.486. The molecule has 162 valence electrons. The largest absolute Gasteiger partial charge is 0.477 e. The molecule has 2 aliphatic heterocycles. The molecule has 2 amide bonds. The molecule has 3 N–H and O–H groups in total. The molecule has 4 rings (SSSR count). The average molecular weight is 480 g/mol. The number of fused-ring (bicyclic) bond motifs is 1. The molecule has 8 nitrogen and oxygen atoms in total. The Labute approximate surface area is 190 Å². The van der Waals surface area contributed by atoms with Gasteiger partial charge in [-0.05, 0) is 25.1 Å². The second kappa shape index (κ2) is 8.27. The molecule has 2 aliphatic rings. The molecule has 11 heteroatoms. The number of benzene rings is 1. The molecule has 3 heterocycles. The van der Waals surface area contributed by atoms with Crippen molar-refractivity contribution in [2.45, 2.75) is 30.3 Å². The van der Waals surface area contributed by atoms with Gasteiger partial charge in [-0.3, -0.25) is 9.59 Å². The Morgan fingerprint density at radius 3 is 2.77 bits per heavy atom. The number of aliphatic hydroxyl groups excluding tert-OH is 1. The molecule has 31 heavy (non-hydrogen) atoms. The number of thiazole rings is 1. The van der Waals surface area contributed by atoms with E-state index in [2.05, 4.69) is 10.3 Å². The smallest absolute Gasteiger partial charge is 0.353 e. The molecule has 1 aromatic heterocycles. The van der Waals surface area contributed by atoms with Crippen LogP contribution in [0.3, 0.4) is 0 Å². The summed E-state index contributed by atoms with van der Waals surface area (Å²) in [5, 5.41) is 24.4. The minimum absolute atomic E-state index is 0.0791. The van der Waals surface area contributed by atoms with Gasteiger partial charge >= 0.3 is 5.97 Å². The zero-order valence-corrected chi connectivity index (χ0v) is 18.8. The van der Waals surface area contributed by atoms with Crippen molar-refractivity contribution in [2.75, 3.05) is 5.32 Å². The second-order valence-corrected chi connectivity index (χ2v) is 9.92. The number of carboxylic acids is 1. The normalized spacial score (nSPS) is 23.4. The van der Waals surface area contributed by atoms with Crippen LogP contribution in [0.4, 0.5) is 5.69 Å². The quantitative estimate of drug-likeness (QED) is 0.543. The van der Waals surface area contributed by atoms with Gasteiger partial charge in [-0.1, -0.05) is 36.4 Å². The number of anilines is 1. The number of aliphatic hydroxyl groups is 1. The fourth-order valence-electron chi connectivity index (χ4n) is 3.92. The Hall–Kier alpha value is -2.40. The Bertz CT molecular complexity index is 1120. The van der Waals surface area contributed by atoms with Crippen molar-refractivity contribution in [3.63, 3.8) is 0 Å². The van der Waals surface area contributed by atoms with E-state index < -0.39 is 29.9 Å². The summed E-state index contributed by atoms with van der Waals surface area (Å²) in [4.78, 5) is 42.9. The Morgan fingerprint density at radius 1 is 1.39 bits per heavy atom. The van der Waals surface area contributed by atoms with Gasteiger partial charge in [0.2, 0.25) is 5.91 Å². The van der Waals surface area contributed by atoms with E-state index in [1.54, 1.807) is 29.6 Å². The maximum atomic E-state index is 12.5. The molecule has 0 bridgehead atoms. The van der Waals surface area contributed by atoms with Crippen LogP contribution in [0.2, 0.25) is 5.02 Å². The van der Waals surface area contributed by atoms with Gasteiger partial charge in [0, 0.05) is 26.9 Å². The molecule has 1 saturated heterocycles. The number of amides is 2. The van der Waals surface area contributed by atoms with Gasteiger partial charge in [0.25, 0.3) is 5.91 Å². The fraction of sp³-hybridized carbons (Fsp3) is 0.300. The maximum absolute atomic E-state index is 12.5. The van der Waals surface area contributed by atoms with Crippen molar-refractivity contribution in [1.29, 1.82) is 0 Å². The lowest BCUT2D eigenvalue weighted by atomic mass is 9.79. The summed E-state index contributed by atoms with van der Waals surface area (Å²) in [6.45, 7) is 3.36. The number of carbonyl (C=O) groups is 3. The van der Waals surface area contributed by atoms with E-state index in [9.17, 15) is 24.6 Å². The third-order valence-corrected chi connectivity index (χ3v) is 7.77. The number of hydrogen-bond donors (Lipinski definition) is 3. The van der Waals surface area contributed by atoms with Crippen molar-refractivity contribution in [3.05, 3.63) is 51.0 Å². The van der Waals surface area contributed by atoms with Gasteiger partial charge in [0.15, 0.2) is 4.34 Å². The lowest BCUT2D eigenvalue weighted by Crippen LogP contribution is -2.63. The third-order valence-electron chi connectivity index (χ3n) is 5.31. The number of carbonyl (C=O) groups excluding carboxylic acids is 2. The molecule has 1 fully saturated rings. The van der Waals surface area contributed by atoms with E-state index in [1.165, 1.54) is 23.2 Å². The summed E-state index contributed by atoms with van der Waals surface area (Å²) in [6.07, 6.45) is -0.864. The highest BCUT2D eigenvalue weighted by atomic mass is 35.5. The minimum atomic E-state index is -1.20. The number of nitrogens with one attached hydrogen (secondary N) is 1. The first-order valence-corrected chi connectivity index (χ1v) is 11.5. The molecule has 2 aromatic rings. The first-order chi connectivity index (χ1) is 14.7. The SMILES string of the molecule is C[C@@H](O)[C@H]1C(=O)N2C(C(=O)O)=C(Sc3nc(C(=O)Nc4cccc(Cl)c4)cs3)[C@H](C)[C@H]12. The highest BCUT2D eigenvalue weighted by Gasteiger charge is 2.60. The second-order valence-electron chi connectivity index (χ2n) is 7.34. The van der Waals surface area contributed by atoms with Crippen LogP contribution in [0.5, 0.6) is 0 Å². The van der Waals surface area contributed by atoms with Crippen LogP contribution in [-0.4, -0.2) is 50.0 Å². The van der Waals surface area contributed by atoms with Gasteiger partial charge in [0.1, 0.15) is 11.4 Å². The summed E-state index contributed by atoms with van der Waals surface area (Å²) in [6, 6.07) is 6.34. The molecule has 0 aliphatic carbocycles. The zero-order chi connectivity index (χ0) is 22.4. The molecule has 0 unspecified atom stereocenters. The zero-order valence-electron chi connectivity index (χ0n) is 16.4. The summed E-state index contributed by atoms with van der Waals surface area (Å²) in [5.41, 5.74) is 0.647. The summed E-state index contributed by atoms with van der Waals surface area (Å²) in [7, 11) is 0. The van der Waals surface area contributed by atoms with Crippen LogP contribution in [0.1, 0.15) is 24.3 Å². The van der Waals surface area contributed by atoms with Gasteiger partial charge in [-0.15, -0.1) is 11.3 Å². The topological polar surface area (TPSA) is 120 Å². The van der Waals surface area contributed by atoms with E-state index in [4.69, 9.17) is 11.6 Å². The monoisotopic (exact) mass is 479 g/mol. The molecule has 1 aromatic carbocycles. The highest BCUT2D eigenvalue weighted by molar-refractivity contribution is 8.04. The van der Waals surface area contributed by atoms with Gasteiger partial charge in [-0.2, -0.15) is 0 Å². The van der Waals surface area contributed by atoms with Crippen LogP contribution < -0.4 is 5.32 Å². The van der Waals surface area contributed by atoms with Crippen LogP contribution in [0.15, 0.2) is 44.6 Å². The number of hydrogen-bond acceptors (Lipinski definition) is 7. The average Bonchev–Trinajstić information content (AvgIpc) is 3.24. The van der Waals surface area contributed by atoms with Crippen molar-refractivity contribution in [1.82, 2.24) is 9.88 Å². The van der Waals surface area contributed by atoms with Crippen LogP contribution in [0.25, 0.3) is 0 Å². The standard InChI is InChI=1S/C20H18ClN3O5S2/c1-8-14-13(9(2)25)18(27)24(14)15(19(28)29)16(8)31-20-23-12(7-30-20)17(26)22-11-5-3-4-10(21)6-11/h3-9,13-14,25H,1-2H3,(H,22,26)(H,28,29)/t8-,9-,13-,14-/m1/s1. The number of halogens is 1. The van der Waals surface area contributed by atoms with Crippen LogP contribution in [0, 0.1) is 11.8 Å². The van der Waals surface area contributed by atoms with Gasteiger partial charge in [-0.25, -0.2) is 9.78 Å². The van der Waals surface area contributed by atoms with Crippen molar-refractivity contribution in [2.24, 2.45) is 11.8 Å². The van der Waals surface area contributed by atoms with E-state index in [0.717, 1.165) is 11.8 Å². The predicted molar refractivity (Wildman–Crippen MR) is 117 cm³/mol. The number of rotatable bonds is 6. The number of carboxylic acid groups (broad SMARTS) is 1. The molecule has 4 atom stereocenters. The minimum Gasteiger partial charge on any atom is -0.477 e. The Kier molecular flexibility index (Phi) is 5.82. The summed E-state index contributed by atoms with van der Waals surface area (Å²) >= 11 is 8.28. The first kappa shape index (κ1) is 21.8.